The number of aryl methyl sites for hydroxylation is 1. The van der Waals surface area contributed by atoms with Crippen LogP contribution in [0, 0.1) is 0 Å². The first kappa shape index (κ1) is 15.1. The third kappa shape index (κ3) is 3.16. The molecular weight excluding hydrogens is 276 g/mol. The number of hydrogen-bond acceptors (Lipinski definition) is 2. The Balaban J connectivity index is 1.60. The summed E-state index contributed by atoms with van der Waals surface area (Å²) in [5.74, 6) is 0.724. The second kappa shape index (κ2) is 6.51. The first-order valence-corrected chi connectivity index (χ1v) is 8.26. The molecule has 0 spiro atoms. The summed E-state index contributed by atoms with van der Waals surface area (Å²) in [6.07, 6.45) is 3.66. The number of amides is 2. The van der Waals surface area contributed by atoms with Gasteiger partial charge in [-0.3, -0.25) is 9.59 Å². The third-order valence-electron chi connectivity index (χ3n) is 4.97. The Morgan fingerprint density at radius 2 is 1.82 bits per heavy atom. The largest absolute Gasteiger partial charge is 0.341 e. The summed E-state index contributed by atoms with van der Waals surface area (Å²) in [4.78, 5) is 27.9. The Morgan fingerprint density at radius 1 is 1.09 bits per heavy atom. The second-order valence-corrected chi connectivity index (χ2v) is 6.38. The predicted molar refractivity (Wildman–Crippen MR) is 85.6 cm³/mol. The lowest BCUT2D eigenvalue weighted by Gasteiger charge is -2.23. The molecule has 1 aromatic carbocycles. The average Bonchev–Trinajstić information content (AvgIpc) is 2.75. The van der Waals surface area contributed by atoms with E-state index >= 15 is 0 Å². The van der Waals surface area contributed by atoms with Crippen LogP contribution in [0.4, 0.5) is 0 Å². The highest BCUT2D eigenvalue weighted by Crippen LogP contribution is 2.35. The van der Waals surface area contributed by atoms with Crippen molar-refractivity contribution in [3.8, 4) is 0 Å². The van der Waals surface area contributed by atoms with Crippen molar-refractivity contribution in [1.82, 2.24) is 9.80 Å². The van der Waals surface area contributed by atoms with E-state index in [0.717, 1.165) is 32.4 Å². The Morgan fingerprint density at radius 3 is 2.64 bits per heavy atom. The molecule has 1 atom stereocenters. The van der Waals surface area contributed by atoms with Gasteiger partial charge in [0.2, 0.25) is 11.8 Å². The van der Waals surface area contributed by atoms with Crippen molar-refractivity contribution in [3.63, 3.8) is 0 Å². The van der Waals surface area contributed by atoms with Crippen molar-refractivity contribution in [3.05, 3.63) is 35.4 Å². The van der Waals surface area contributed by atoms with Gasteiger partial charge >= 0.3 is 0 Å². The molecule has 22 heavy (non-hydrogen) atoms. The van der Waals surface area contributed by atoms with E-state index in [4.69, 9.17) is 0 Å². The smallest absolute Gasteiger partial charge is 0.223 e. The van der Waals surface area contributed by atoms with Crippen LogP contribution in [0.3, 0.4) is 0 Å². The summed E-state index contributed by atoms with van der Waals surface area (Å²) < 4.78 is 0. The molecule has 0 saturated carbocycles. The minimum absolute atomic E-state index is 0.110. The van der Waals surface area contributed by atoms with Gasteiger partial charge in [-0.2, -0.15) is 0 Å². The number of hydrogen-bond donors (Lipinski definition) is 0. The molecule has 2 amide bonds. The topological polar surface area (TPSA) is 40.6 Å². The van der Waals surface area contributed by atoms with E-state index in [-0.39, 0.29) is 11.8 Å². The summed E-state index contributed by atoms with van der Waals surface area (Å²) >= 11 is 0. The summed E-state index contributed by atoms with van der Waals surface area (Å²) in [5.41, 5.74) is 2.76. The van der Waals surface area contributed by atoms with Gasteiger partial charge in [0, 0.05) is 39.5 Å². The maximum Gasteiger partial charge on any atom is 0.223 e. The lowest BCUT2D eigenvalue weighted by Crippen LogP contribution is -2.36. The van der Waals surface area contributed by atoms with Crippen molar-refractivity contribution in [2.75, 3.05) is 26.2 Å². The number of fused-ring (bicyclic) bond motifs is 1. The van der Waals surface area contributed by atoms with Crippen LogP contribution >= 0.6 is 0 Å². The van der Waals surface area contributed by atoms with Crippen molar-refractivity contribution >= 4 is 11.8 Å². The van der Waals surface area contributed by atoms with E-state index in [0.29, 0.717) is 25.4 Å². The standard InChI is InChI=1S/C18H24N2O2/c1-14(21)19-9-4-10-20(12-11-19)18(22)13-16-8-7-15-5-2-3-6-17(15)16/h2-3,5-6,16H,4,7-13H2,1H3/t16-/m1/s1. The van der Waals surface area contributed by atoms with Gasteiger partial charge in [0.25, 0.3) is 0 Å². The Bertz CT molecular complexity index is 570. The average molecular weight is 300 g/mol. The van der Waals surface area contributed by atoms with Gasteiger partial charge in [0.15, 0.2) is 0 Å². The Labute approximate surface area is 132 Å². The van der Waals surface area contributed by atoms with E-state index in [9.17, 15) is 9.59 Å². The number of rotatable bonds is 2. The summed E-state index contributed by atoms with van der Waals surface area (Å²) in [7, 11) is 0. The molecule has 4 heteroatoms. The fraction of sp³-hybridized carbons (Fsp3) is 0.556. The Hall–Kier alpha value is -1.84. The fourth-order valence-corrected chi connectivity index (χ4v) is 3.68. The molecule has 1 fully saturated rings. The minimum Gasteiger partial charge on any atom is -0.341 e. The SMILES string of the molecule is CC(=O)N1CCCN(C(=O)C[C@H]2CCc3ccccc32)CC1. The van der Waals surface area contributed by atoms with Gasteiger partial charge in [-0.1, -0.05) is 24.3 Å². The minimum atomic E-state index is 0.110. The lowest BCUT2D eigenvalue weighted by atomic mass is 9.97. The maximum atomic E-state index is 12.6. The molecule has 1 aliphatic carbocycles. The van der Waals surface area contributed by atoms with Crippen LogP contribution in [-0.2, 0) is 16.0 Å². The van der Waals surface area contributed by atoms with Gasteiger partial charge in [-0.15, -0.1) is 0 Å². The molecule has 1 aliphatic heterocycles. The quantitative estimate of drug-likeness (QED) is 0.840. The molecule has 0 unspecified atom stereocenters. The van der Waals surface area contributed by atoms with E-state index < -0.39 is 0 Å². The molecule has 4 nitrogen and oxygen atoms in total. The van der Waals surface area contributed by atoms with Gasteiger partial charge in [0.05, 0.1) is 0 Å². The Kier molecular flexibility index (Phi) is 4.46. The van der Waals surface area contributed by atoms with Gasteiger partial charge in [-0.25, -0.2) is 0 Å². The zero-order valence-corrected chi connectivity index (χ0v) is 13.3. The van der Waals surface area contributed by atoms with E-state index in [1.165, 1.54) is 11.1 Å². The molecule has 3 rings (SSSR count). The van der Waals surface area contributed by atoms with Gasteiger partial charge < -0.3 is 9.80 Å². The van der Waals surface area contributed by atoms with Crippen molar-refractivity contribution < 1.29 is 9.59 Å². The highest BCUT2D eigenvalue weighted by Gasteiger charge is 2.27. The number of carbonyl (C=O) groups is 2. The number of nitrogens with zero attached hydrogens (tertiary/aromatic N) is 2. The molecule has 1 aromatic rings. The van der Waals surface area contributed by atoms with Crippen LogP contribution in [0.2, 0.25) is 0 Å². The first-order valence-electron chi connectivity index (χ1n) is 8.26. The molecule has 0 bridgehead atoms. The van der Waals surface area contributed by atoms with Crippen LogP contribution in [0.5, 0.6) is 0 Å². The first-order chi connectivity index (χ1) is 10.6. The molecule has 0 radical (unpaired) electrons. The normalized spacial score (nSPS) is 21.4. The van der Waals surface area contributed by atoms with Crippen LogP contribution < -0.4 is 0 Å². The van der Waals surface area contributed by atoms with E-state index in [2.05, 4.69) is 24.3 Å². The molecule has 2 aliphatic rings. The van der Waals surface area contributed by atoms with Crippen molar-refractivity contribution in [2.24, 2.45) is 0 Å². The molecule has 118 valence electrons. The third-order valence-corrected chi connectivity index (χ3v) is 4.97. The summed E-state index contributed by atoms with van der Waals surface area (Å²) in [5, 5.41) is 0. The number of benzene rings is 1. The van der Waals surface area contributed by atoms with Crippen LogP contribution in [0.25, 0.3) is 0 Å². The van der Waals surface area contributed by atoms with Crippen molar-refractivity contribution in [1.29, 1.82) is 0 Å². The maximum absolute atomic E-state index is 12.6. The molecule has 0 aromatic heterocycles. The molecule has 0 N–H and O–H groups in total. The van der Waals surface area contributed by atoms with Crippen LogP contribution in [0.15, 0.2) is 24.3 Å². The van der Waals surface area contributed by atoms with E-state index in [1.807, 2.05) is 9.80 Å². The molecule has 1 heterocycles. The number of carbonyl (C=O) groups excluding carboxylic acids is 2. The zero-order chi connectivity index (χ0) is 15.5. The monoisotopic (exact) mass is 300 g/mol. The highest BCUT2D eigenvalue weighted by atomic mass is 16.2. The van der Waals surface area contributed by atoms with Crippen molar-refractivity contribution in [2.45, 2.75) is 38.5 Å². The molecular formula is C18H24N2O2. The highest BCUT2D eigenvalue weighted by molar-refractivity contribution is 5.78. The van der Waals surface area contributed by atoms with Crippen LogP contribution in [0.1, 0.15) is 43.2 Å². The van der Waals surface area contributed by atoms with Crippen LogP contribution in [-0.4, -0.2) is 47.8 Å². The summed E-state index contributed by atoms with van der Waals surface area (Å²) in [6, 6.07) is 8.49. The van der Waals surface area contributed by atoms with Gasteiger partial charge in [-0.05, 0) is 36.3 Å². The molecule has 1 saturated heterocycles. The van der Waals surface area contributed by atoms with Gasteiger partial charge in [0.1, 0.15) is 0 Å². The second-order valence-electron chi connectivity index (χ2n) is 6.38. The zero-order valence-electron chi connectivity index (χ0n) is 13.3. The fourth-order valence-electron chi connectivity index (χ4n) is 3.68. The summed E-state index contributed by atoms with van der Waals surface area (Å²) in [6.45, 7) is 4.49. The van der Waals surface area contributed by atoms with E-state index in [1.54, 1.807) is 6.92 Å². The lowest BCUT2D eigenvalue weighted by molar-refractivity contribution is -0.132. The predicted octanol–water partition coefficient (Wildman–Crippen LogP) is 2.19.